The minimum absolute atomic E-state index is 0.00941. The van der Waals surface area contributed by atoms with Gasteiger partial charge in [-0.25, -0.2) is 0 Å². The normalized spacial score (nSPS) is 19.3. The second kappa shape index (κ2) is 6.29. The highest BCUT2D eigenvalue weighted by molar-refractivity contribution is 7.99. The van der Waals surface area contributed by atoms with Crippen molar-refractivity contribution in [2.75, 3.05) is 25.6 Å². The zero-order valence-electron chi connectivity index (χ0n) is 10.6. The summed E-state index contributed by atoms with van der Waals surface area (Å²) in [6.07, 6.45) is 1.08. The molecule has 0 radical (unpaired) electrons. The minimum Gasteiger partial charge on any atom is -0.396 e. The third kappa shape index (κ3) is 3.21. The summed E-state index contributed by atoms with van der Waals surface area (Å²) >= 11 is 7.81. The number of ether oxygens (including phenoxy) is 1. The summed E-state index contributed by atoms with van der Waals surface area (Å²) in [7, 11) is 0. The fourth-order valence-electron chi connectivity index (χ4n) is 2.02. The summed E-state index contributed by atoms with van der Waals surface area (Å²) in [5.74, 6) is 0.949. The second-order valence-electron chi connectivity index (χ2n) is 4.91. The third-order valence-corrected chi connectivity index (χ3v) is 5.39. The van der Waals surface area contributed by atoms with Crippen molar-refractivity contribution in [2.45, 2.75) is 18.6 Å². The van der Waals surface area contributed by atoms with Crippen LogP contribution >= 0.6 is 23.4 Å². The van der Waals surface area contributed by atoms with Crippen LogP contribution in [-0.4, -0.2) is 30.7 Å². The number of rotatable bonds is 6. The molecule has 0 aliphatic carbocycles. The minimum atomic E-state index is -0.00941. The average molecular weight is 287 g/mol. The molecular formula is C14H19ClO2S. The number of aliphatic hydroxyl groups is 1. The fourth-order valence-corrected chi connectivity index (χ4v) is 3.54. The van der Waals surface area contributed by atoms with Gasteiger partial charge in [0.05, 0.1) is 19.8 Å². The van der Waals surface area contributed by atoms with E-state index in [9.17, 15) is 5.11 Å². The first kappa shape index (κ1) is 14.2. The Balaban J connectivity index is 1.95. The van der Waals surface area contributed by atoms with Crippen molar-refractivity contribution in [3.63, 3.8) is 0 Å². The first-order valence-electron chi connectivity index (χ1n) is 6.25. The van der Waals surface area contributed by atoms with Crippen molar-refractivity contribution in [2.24, 2.45) is 5.41 Å². The molecule has 1 heterocycles. The molecule has 0 bridgehead atoms. The number of hydrogen-bond acceptors (Lipinski definition) is 3. The first-order valence-corrected chi connectivity index (χ1v) is 7.67. The Morgan fingerprint density at radius 3 is 2.50 bits per heavy atom. The van der Waals surface area contributed by atoms with Crippen molar-refractivity contribution in [1.82, 2.24) is 0 Å². The van der Waals surface area contributed by atoms with Gasteiger partial charge < -0.3 is 9.84 Å². The molecule has 0 spiro atoms. The molecule has 1 N–H and O–H groups in total. The van der Waals surface area contributed by atoms with Crippen molar-refractivity contribution in [3.8, 4) is 0 Å². The predicted octanol–water partition coefficient (Wildman–Crippen LogP) is 3.53. The Morgan fingerprint density at radius 2 is 2.06 bits per heavy atom. The van der Waals surface area contributed by atoms with Gasteiger partial charge in [0.15, 0.2) is 0 Å². The summed E-state index contributed by atoms with van der Waals surface area (Å²) in [5.41, 5.74) is 1.30. The molecule has 1 atom stereocenters. The number of benzene rings is 1. The van der Waals surface area contributed by atoms with Crippen LogP contribution in [0.25, 0.3) is 0 Å². The van der Waals surface area contributed by atoms with Gasteiger partial charge in [0.1, 0.15) is 0 Å². The van der Waals surface area contributed by atoms with Gasteiger partial charge in [0, 0.05) is 21.4 Å². The smallest absolute Gasteiger partial charge is 0.0575 e. The van der Waals surface area contributed by atoms with Gasteiger partial charge in [-0.3, -0.25) is 0 Å². The summed E-state index contributed by atoms with van der Waals surface area (Å²) in [6, 6.07) is 8.06. The Hall–Kier alpha value is -0.220. The van der Waals surface area contributed by atoms with Gasteiger partial charge in [-0.1, -0.05) is 30.7 Å². The maximum atomic E-state index is 9.42. The molecule has 0 amide bonds. The third-order valence-electron chi connectivity index (χ3n) is 3.36. The quantitative estimate of drug-likeness (QED) is 0.867. The molecule has 1 fully saturated rings. The number of hydrogen-bond donors (Lipinski definition) is 1. The van der Waals surface area contributed by atoms with E-state index in [1.807, 2.05) is 23.9 Å². The van der Waals surface area contributed by atoms with E-state index in [1.54, 1.807) is 0 Å². The molecule has 0 aromatic heterocycles. The molecule has 1 aliphatic rings. The Labute approximate surface area is 118 Å². The molecule has 100 valence electrons. The monoisotopic (exact) mass is 286 g/mol. The Kier molecular flexibility index (Phi) is 4.96. The van der Waals surface area contributed by atoms with Crippen LogP contribution in [0.2, 0.25) is 5.02 Å². The summed E-state index contributed by atoms with van der Waals surface area (Å²) in [4.78, 5) is 0. The van der Waals surface area contributed by atoms with Gasteiger partial charge in [0.25, 0.3) is 0 Å². The number of aliphatic hydroxyl groups excluding tert-OH is 1. The standard InChI is InChI=1S/C14H19ClO2S/c1-2-13(11-3-5-12(15)6-4-11)18-10-14(7-16)8-17-9-14/h3-6,13,16H,2,7-10H2,1H3. The lowest BCUT2D eigenvalue weighted by atomic mass is 9.90. The lowest BCUT2D eigenvalue weighted by Gasteiger charge is -2.40. The van der Waals surface area contributed by atoms with E-state index in [4.69, 9.17) is 16.3 Å². The number of halogens is 1. The highest BCUT2D eigenvalue weighted by atomic mass is 35.5. The number of thioether (sulfide) groups is 1. The van der Waals surface area contributed by atoms with Crippen LogP contribution in [-0.2, 0) is 4.74 Å². The maximum absolute atomic E-state index is 9.42. The Bertz CT molecular complexity index is 370. The van der Waals surface area contributed by atoms with Crippen LogP contribution in [0.4, 0.5) is 0 Å². The topological polar surface area (TPSA) is 29.5 Å². The molecule has 0 saturated carbocycles. The molecule has 2 rings (SSSR count). The Morgan fingerprint density at radius 1 is 1.39 bits per heavy atom. The second-order valence-corrected chi connectivity index (χ2v) is 6.54. The van der Waals surface area contributed by atoms with E-state index in [0.29, 0.717) is 18.5 Å². The zero-order valence-corrected chi connectivity index (χ0v) is 12.1. The predicted molar refractivity (Wildman–Crippen MR) is 77.3 cm³/mol. The van der Waals surface area contributed by atoms with E-state index >= 15 is 0 Å². The molecule has 1 aromatic rings. The van der Waals surface area contributed by atoms with Crippen LogP contribution in [0, 0.1) is 5.41 Å². The van der Waals surface area contributed by atoms with Crippen molar-refractivity contribution in [1.29, 1.82) is 0 Å². The van der Waals surface area contributed by atoms with E-state index < -0.39 is 0 Å². The molecule has 1 aromatic carbocycles. The molecule has 1 unspecified atom stereocenters. The molecular weight excluding hydrogens is 268 g/mol. The lowest BCUT2D eigenvalue weighted by molar-refractivity contribution is -0.121. The highest BCUT2D eigenvalue weighted by Gasteiger charge is 2.38. The largest absolute Gasteiger partial charge is 0.396 e. The van der Waals surface area contributed by atoms with E-state index in [-0.39, 0.29) is 12.0 Å². The highest BCUT2D eigenvalue weighted by Crippen LogP contribution is 2.39. The summed E-state index contributed by atoms with van der Waals surface area (Å²) in [5, 5.41) is 10.7. The van der Waals surface area contributed by atoms with Crippen LogP contribution in [0.1, 0.15) is 24.2 Å². The van der Waals surface area contributed by atoms with Gasteiger partial charge in [0.2, 0.25) is 0 Å². The lowest BCUT2D eigenvalue weighted by Crippen LogP contribution is -2.47. The van der Waals surface area contributed by atoms with Gasteiger partial charge in [-0.05, 0) is 24.1 Å². The molecule has 4 heteroatoms. The van der Waals surface area contributed by atoms with E-state index in [0.717, 1.165) is 17.2 Å². The first-order chi connectivity index (χ1) is 8.69. The van der Waals surface area contributed by atoms with Gasteiger partial charge in [-0.15, -0.1) is 0 Å². The molecule has 1 aliphatic heterocycles. The SMILES string of the molecule is CCC(SCC1(CO)COC1)c1ccc(Cl)cc1. The van der Waals surface area contributed by atoms with Crippen molar-refractivity contribution >= 4 is 23.4 Å². The van der Waals surface area contributed by atoms with E-state index in [2.05, 4.69) is 19.1 Å². The van der Waals surface area contributed by atoms with Crippen molar-refractivity contribution < 1.29 is 9.84 Å². The maximum Gasteiger partial charge on any atom is 0.0575 e. The zero-order chi connectivity index (χ0) is 13.0. The van der Waals surface area contributed by atoms with Crippen LogP contribution < -0.4 is 0 Å². The summed E-state index contributed by atoms with van der Waals surface area (Å²) < 4.78 is 5.23. The fraction of sp³-hybridized carbons (Fsp3) is 0.571. The van der Waals surface area contributed by atoms with Gasteiger partial charge in [-0.2, -0.15) is 11.8 Å². The average Bonchev–Trinajstić information content (AvgIpc) is 2.35. The summed E-state index contributed by atoms with van der Waals surface area (Å²) in [6.45, 7) is 3.79. The van der Waals surface area contributed by atoms with Crippen molar-refractivity contribution in [3.05, 3.63) is 34.9 Å². The van der Waals surface area contributed by atoms with Crippen LogP contribution in [0.5, 0.6) is 0 Å². The van der Waals surface area contributed by atoms with Crippen LogP contribution in [0.3, 0.4) is 0 Å². The molecule has 18 heavy (non-hydrogen) atoms. The van der Waals surface area contributed by atoms with Crippen LogP contribution in [0.15, 0.2) is 24.3 Å². The molecule has 2 nitrogen and oxygen atoms in total. The van der Waals surface area contributed by atoms with Gasteiger partial charge >= 0.3 is 0 Å². The molecule has 1 saturated heterocycles. The van der Waals surface area contributed by atoms with E-state index in [1.165, 1.54) is 5.56 Å².